The summed E-state index contributed by atoms with van der Waals surface area (Å²) in [5.41, 5.74) is 5.79. The van der Waals surface area contributed by atoms with Crippen LogP contribution in [0.2, 0.25) is 0 Å². The third-order valence-corrected chi connectivity index (χ3v) is 3.12. The van der Waals surface area contributed by atoms with Crippen LogP contribution >= 0.6 is 0 Å². The second-order valence-electron chi connectivity index (χ2n) is 4.65. The first kappa shape index (κ1) is 12.5. The topological polar surface area (TPSA) is 55.1 Å². The van der Waals surface area contributed by atoms with Crippen molar-refractivity contribution in [2.45, 2.75) is 64.5 Å². The summed E-state index contributed by atoms with van der Waals surface area (Å²) in [5, 5.41) is 3.03. The minimum atomic E-state index is -0.298. The van der Waals surface area contributed by atoms with Crippen molar-refractivity contribution in [3.63, 3.8) is 0 Å². The van der Waals surface area contributed by atoms with Gasteiger partial charge < -0.3 is 11.1 Å². The van der Waals surface area contributed by atoms with Crippen LogP contribution in [0.25, 0.3) is 0 Å². The number of hydrogen-bond acceptors (Lipinski definition) is 2. The molecule has 3 heteroatoms. The quantitative estimate of drug-likeness (QED) is 0.676. The molecule has 0 radical (unpaired) electrons. The van der Waals surface area contributed by atoms with Gasteiger partial charge in [-0.2, -0.15) is 0 Å². The van der Waals surface area contributed by atoms with E-state index in [9.17, 15) is 4.79 Å². The van der Waals surface area contributed by atoms with Gasteiger partial charge in [0.15, 0.2) is 0 Å². The standard InChI is InChI=1S/C12H24N2O/c1-3-5-7-10(13)12(15)14-11-8-9(11)6-4-2/h9-11H,3-8,13H2,1-2H3,(H,14,15)/t9?,10-,11?/m0/s1. The molecule has 0 aromatic heterocycles. The molecule has 1 amide bonds. The number of carbonyl (C=O) groups is 1. The van der Waals surface area contributed by atoms with Crippen molar-refractivity contribution in [1.82, 2.24) is 5.32 Å². The number of nitrogens with one attached hydrogen (secondary N) is 1. The predicted octanol–water partition coefficient (Wildman–Crippen LogP) is 1.81. The summed E-state index contributed by atoms with van der Waals surface area (Å²) in [6.45, 7) is 4.30. The Hall–Kier alpha value is -0.570. The maximum absolute atomic E-state index is 11.6. The first-order valence-corrected chi connectivity index (χ1v) is 6.25. The zero-order chi connectivity index (χ0) is 11.3. The van der Waals surface area contributed by atoms with Gasteiger partial charge in [0.25, 0.3) is 0 Å². The molecule has 1 aliphatic rings. The number of rotatable bonds is 7. The van der Waals surface area contributed by atoms with Crippen LogP contribution in [0.3, 0.4) is 0 Å². The lowest BCUT2D eigenvalue weighted by molar-refractivity contribution is -0.122. The fourth-order valence-electron chi connectivity index (χ4n) is 1.96. The van der Waals surface area contributed by atoms with Crippen LogP contribution in [0.4, 0.5) is 0 Å². The maximum atomic E-state index is 11.6. The molecule has 0 saturated heterocycles. The molecule has 0 aromatic rings. The van der Waals surface area contributed by atoms with Gasteiger partial charge in [0.1, 0.15) is 0 Å². The molecule has 0 spiro atoms. The van der Waals surface area contributed by atoms with Gasteiger partial charge in [0, 0.05) is 6.04 Å². The Balaban J connectivity index is 2.13. The van der Waals surface area contributed by atoms with Crippen LogP contribution in [0.1, 0.15) is 52.4 Å². The zero-order valence-electron chi connectivity index (χ0n) is 9.96. The molecule has 2 unspecified atom stereocenters. The van der Waals surface area contributed by atoms with Crippen molar-refractivity contribution < 1.29 is 4.79 Å². The van der Waals surface area contributed by atoms with Crippen LogP contribution in [0, 0.1) is 5.92 Å². The van der Waals surface area contributed by atoms with Crippen molar-refractivity contribution in [1.29, 1.82) is 0 Å². The van der Waals surface area contributed by atoms with E-state index in [1.54, 1.807) is 0 Å². The minimum absolute atomic E-state index is 0.0482. The molecule has 88 valence electrons. The Morgan fingerprint density at radius 1 is 1.47 bits per heavy atom. The molecule has 0 aromatic carbocycles. The third-order valence-electron chi connectivity index (χ3n) is 3.12. The van der Waals surface area contributed by atoms with Gasteiger partial charge in [-0.1, -0.05) is 33.1 Å². The molecule has 3 N–H and O–H groups in total. The monoisotopic (exact) mass is 212 g/mol. The van der Waals surface area contributed by atoms with Gasteiger partial charge in [-0.25, -0.2) is 0 Å². The number of unbranched alkanes of at least 4 members (excludes halogenated alkanes) is 1. The highest BCUT2D eigenvalue weighted by atomic mass is 16.2. The van der Waals surface area contributed by atoms with E-state index in [1.807, 2.05) is 0 Å². The van der Waals surface area contributed by atoms with Crippen LogP contribution < -0.4 is 11.1 Å². The fraction of sp³-hybridized carbons (Fsp3) is 0.917. The molecule has 1 saturated carbocycles. The van der Waals surface area contributed by atoms with E-state index < -0.39 is 0 Å². The summed E-state index contributed by atoms with van der Waals surface area (Å²) >= 11 is 0. The Morgan fingerprint density at radius 2 is 2.20 bits per heavy atom. The second kappa shape index (κ2) is 6.11. The Kier molecular flexibility index (Phi) is 5.09. The summed E-state index contributed by atoms with van der Waals surface area (Å²) < 4.78 is 0. The molecule has 0 aliphatic heterocycles. The molecule has 0 heterocycles. The van der Waals surface area contributed by atoms with Gasteiger partial charge in [0.05, 0.1) is 6.04 Å². The van der Waals surface area contributed by atoms with Crippen molar-refractivity contribution in [2.75, 3.05) is 0 Å². The smallest absolute Gasteiger partial charge is 0.237 e. The lowest BCUT2D eigenvalue weighted by Crippen LogP contribution is -2.41. The average molecular weight is 212 g/mol. The van der Waals surface area contributed by atoms with Gasteiger partial charge in [-0.05, 0) is 25.2 Å². The largest absolute Gasteiger partial charge is 0.352 e. The predicted molar refractivity (Wildman–Crippen MR) is 62.4 cm³/mol. The van der Waals surface area contributed by atoms with Crippen LogP contribution in [-0.4, -0.2) is 18.0 Å². The van der Waals surface area contributed by atoms with Crippen molar-refractivity contribution >= 4 is 5.91 Å². The molecular weight excluding hydrogens is 188 g/mol. The number of hydrogen-bond donors (Lipinski definition) is 2. The van der Waals surface area contributed by atoms with Crippen LogP contribution in [0.5, 0.6) is 0 Å². The Labute approximate surface area is 92.8 Å². The minimum Gasteiger partial charge on any atom is -0.352 e. The Bertz CT molecular complexity index is 206. The molecule has 3 nitrogen and oxygen atoms in total. The first-order valence-electron chi connectivity index (χ1n) is 6.25. The number of carbonyl (C=O) groups excluding carboxylic acids is 1. The van der Waals surface area contributed by atoms with E-state index in [2.05, 4.69) is 19.2 Å². The van der Waals surface area contributed by atoms with Gasteiger partial charge >= 0.3 is 0 Å². The van der Waals surface area contributed by atoms with Crippen LogP contribution in [-0.2, 0) is 4.79 Å². The molecule has 0 bridgehead atoms. The fourth-order valence-corrected chi connectivity index (χ4v) is 1.96. The van der Waals surface area contributed by atoms with E-state index >= 15 is 0 Å². The molecule has 1 aliphatic carbocycles. The third kappa shape index (κ3) is 4.20. The normalized spacial score (nSPS) is 26.1. The van der Waals surface area contributed by atoms with E-state index in [4.69, 9.17) is 5.73 Å². The number of amides is 1. The zero-order valence-corrected chi connectivity index (χ0v) is 9.96. The molecule has 1 rings (SSSR count). The van der Waals surface area contributed by atoms with E-state index in [0.717, 1.165) is 31.6 Å². The lowest BCUT2D eigenvalue weighted by atomic mass is 10.1. The van der Waals surface area contributed by atoms with E-state index in [1.165, 1.54) is 12.8 Å². The van der Waals surface area contributed by atoms with Crippen molar-refractivity contribution in [3.8, 4) is 0 Å². The summed E-state index contributed by atoms with van der Waals surface area (Å²) in [6.07, 6.45) is 6.54. The van der Waals surface area contributed by atoms with Crippen LogP contribution in [0.15, 0.2) is 0 Å². The highest BCUT2D eigenvalue weighted by Crippen LogP contribution is 2.34. The molecular formula is C12H24N2O. The Morgan fingerprint density at radius 3 is 2.80 bits per heavy atom. The summed E-state index contributed by atoms with van der Waals surface area (Å²) in [4.78, 5) is 11.6. The molecule has 15 heavy (non-hydrogen) atoms. The first-order chi connectivity index (χ1) is 7.19. The number of nitrogens with two attached hydrogens (primary N) is 1. The lowest BCUT2D eigenvalue weighted by Gasteiger charge is -2.11. The highest BCUT2D eigenvalue weighted by Gasteiger charge is 2.37. The van der Waals surface area contributed by atoms with Crippen molar-refractivity contribution in [3.05, 3.63) is 0 Å². The van der Waals surface area contributed by atoms with Crippen molar-refractivity contribution in [2.24, 2.45) is 11.7 Å². The van der Waals surface area contributed by atoms with Gasteiger partial charge in [-0.15, -0.1) is 0 Å². The van der Waals surface area contributed by atoms with Gasteiger partial charge in [-0.3, -0.25) is 4.79 Å². The average Bonchev–Trinajstić information content (AvgIpc) is 2.93. The molecule has 1 fully saturated rings. The second-order valence-corrected chi connectivity index (χ2v) is 4.65. The molecule has 3 atom stereocenters. The summed E-state index contributed by atoms with van der Waals surface area (Å²) in [5.74, 6) is 0.768. The highest BCUT2D eigenvalue weighted by molar-refractivity contribution is 5.82. The maximum Gasteiger partial charge on any atom is 0.237 e. The van der Waals surface area contributed by atoms with E-state index in [0.29, 0.717) is 6.04 Å². The van der Waals surface area contributed by atoms with Gasteiger partial charge in [0.2, 0.25) is 5.91 Å². The summed E-state index contributed by atoms with van der Waals surface area (Å²) in [7, 11) is 0. The summed E-state index contributed by atoms with van der Waals surface area (Å²) in [6, 6.07) is 0.123. The SMILES string of the molecule is CCCC[C@H](N)C(=O)NC1CC1CCC. The van der Waals surface area contributed by atoms with E-state index in [-0.39, 0.29) is 11.9 Å².